The van der Waals surface area contributed by atoms with Gasteiger partial charge < -0.3 is 10.4 Å². The van der Waals surface area contributed by atoms with Crippen molar-refractivity contribution in [1.82, 2.24) is 4.98 Å². The summed E-state index contributed by atoms with van der Waals surface area (Å²) in [6.07, 6.45) is -3.19. The van der Waals surface area contributed by atoms with Gasteiger partial charge in [0.2, 0.25) is 0 Å². The smallest absolute Gasteiger partial charge is 0.416 e. The predicted molar refractivity (Wildman–Crippen MR) is 155 cm³/mol. The Morgan fingerprint density at radius 3 is 2.15 bits per heavy atom. The Kier molecular flexibility index (Phi) is 9.58. The van der Waals surface area contributed by atoms with Crippen LogP contribution in [0.1, 0.15) is 40.9 Å². The molecule has 0 saturated carbocycles. The van der Waals surface area contributed by atoms with E-state index < -0.39 is 17.7 Å². The lowest BCUT2D eigenvalue weighted by Gasteiger charge is -2.16. The molecular weight excluding hydrogens is 600 g/mol. The molecule has 0 radical (unpaired) electrons. The largest absolute Gasteiger partial charge is 0.481 e. The Balaban J connectivity index is 1.57. The van der Waals surface area contributed by atoms with E-state index in [9.17, 15) is 22.8 Å². The molecule has 0 unspecified atom stereocenters. The van der Waals surface area contributed by atoms with Gasteiger partial charge in [0.15, 0.2) is 5.78 Å². The molecule has 0 aliphatic carbocycles. The molecule has 0 atom stereocenters. The van der Waals surface area contributed by atoms with E-state index in [1.165, 1.54) is 24.4 Å². The van der Waals surface area contributed by atoms with Gasteiger partial charge in [0.05, 0.1) is 10.6 Å². The molecule has 212 valence electrons. The van der Waals surface area contributed by atoms with Gasteiger partial charge in [-0.1, -0.05) is 59.1 Å². The number of nitrogens with one attached hydrogen (secondary N) is 1. The first-order chi connectivity index (χ1) is 19.4. The molecule has 1 heterocycles. The van der Waals surface area contributed by atoms with Crippen molar-refractivity contribution < 1.29 is 27.9 Å². The number of nitrogens with zero attached hydrogens (tertiary/aromatic N) is 1. The van der Waals surface area contributed by atoms with Crippen LogP contribution in [0, 0.1) is 0 Å². The highest BCUT2D eigenvalue weighted by Crippen LogP contribution is 2.37. The Labute approximate surface area is 248 Å². The summed E-state index contributed by atoms with van der Waals surface area (Å²) in [5, 5.41) is 13.3. The number of halogens is 6. The molecule has 0 aliphatic rings. The average molecular weight is 622 g/mol. The van der Waals surface area contributed by atoms with Crippen molar-refractivity contribution in [2.45, 2.75) is 32.0 Å². The van der Waals surface area contributed by atoms with Crippen molar-refractivity contribution >= 4 is 52.2 Å². The van der Waals surface area contributed by atoms with Crippen LogP contribution in [0.5, 0.6) is 0 Å². The van der Waals surface area contributed by atoms with Crippen LogP contribution in [0.3, 0.4) is 0 Å². The lowest BCUT2D eigenvalue weighted by atomic mass is 9.97. The monoisotopic (exact) mass is 620 g/mol. The van der Waals surface area contributed by atoms with E-state index in [1.807, 2.05) is 0 Å². The number of hydrogen-bond donors (Lipinski definition) is 2. The fourth-order valence-electron chi connectivity index (χ4n) is 4.17. The molecule has 0 spiro atoms. The number of carbonyl (C=O) groups is 2. The summed E-state index contributed by atoms with van der Waals surface area (Å²) in [6, 6.07) is 16.7. The molecular formula is C30H22Cl3F3N2O3. The van der Waals surface area contributed by atoms with Gasteiger partial charge in [-0.25, -0.2) is 0 Å². The second-order valence-electron chi connectivity index (χ2n) is 9.14. The van der Waals surface area contributed by atoms with Gasteiger partial charge in [-0.3, -0.25) is 14.6 Å². The molecule has 0 saturated heterocycles. The highest BCUT2D eigenvalue weighted by Gasteiger charge is 2.31. The maximum Gasteiger partial charge on any atom is 0.416 e. The van der Waals surface area contributed by atoms with Gasteiger partial charge in [-0.2, -0.15) is 13.2 Å². The van der Waals surface area contributed by atoms with Crippen LogP contribution < -0.4 is 5.32 Å². The number of hydrogen-bond acceptors (Lipinski definition) is 4. The van der Waals surface area contributed by atoms with Crippen LogP contribution in [-0.2, 0) is 17.5 Å². The highest BCUT2D eigenvalue weighted by molar-refractivity contribution is 6.38. The number of aliphatic carboxylic acids is 1. The van der Waals surface area contributed by atoms with Crippen molar-refractivity contribution in [3.8, 4) is 22.3 Å². The maximum atomic E-state index is 13.5. The van der Waals surface area contributed by atoms with Crippen molar-refractivity contribution in [1.29, 1.82) is 0 Å². The lowest BCUT2D eigenvalue weighted by Crippen LogP contribution is -2.08. The summed E-state index contributed by atoms with van der Waals surface area (Å²) in [6.45, 7) is 0.167. The third kappa shape index (κ3) is 7.79. The fourth-order valence-corrected chi connectivity index (χ4v) is 4.96. The van der Waals surface area contributed by atoms with E-state index >= 15 is 0 Å². The Morgan fingerprint density at radius 2 is 1.54 bits per heavy atom. The third-order valence-electron chi connectivity index (χ3n) is 6.27. The normalized spacial score (nSPS) is 11.4. The quantitative estimate of drug-likeness (QED) is 0.173. The molecule has 1 aromatic heterocycles. The number of alkyl halides is 3. The highest BCUT2D eigenvalue weighted by atomic mass is 35.5. The molecule has 0 amide bonds. The van der Waals surface area contributed by atoms with Crippen LogP contribution in [0.15, 0.2) is 72.9 Å². The molecule has 3 aromatic carbocycles. The van der Waals surface area contributed by atoms with Gasteiger partial charge >= 0.3 is 12.1 Å². The SMILES string of the molecule is O=C(O)CCCC(=O)c1ccc(-c2cc(C(F)(F)F)ccc2CNc2ccc(-c3ccc(Cl)cc3Cl)c(Cl)c2)cn1. The van der Waals surface area contributed by atoms with Crippen molar-refractivity contribution in [2.24, 2.45) is 0 Å². The second-order valence-corrected chi connectivity index (χ2v) is 10.4. The first kappa shape index (κ1) is 30.4. The van der Waals surface area contributed by atoms with Gasteiger partial charge in [-0.15, -0.1) is 0 Å². The molecule has 41 heavy (non-hydrogen) atoms. The molecule has 5 nitrogen and oxygen atoms in total. The summed E-state index contributed by atoms with van der Waals surface area (Å²) in [7, 11) is 0. The molecule has 11 heteroatoms. The number of anilines is 1. The van der Waals surface area contributed by atoms with E-state index in [0.717, 1.165) is 12.1 Å². The van der Waals surface area contributed by atoms with Gasteiger partial charge in [0, 0.05) is 58.0 Å². The van der Waals surface area contributed by atoms with Crippen LogP contribution in [0.2, 0.25) is 15.1 Å². The summed E-state index contributed by atoms with van der Waals surface area (Å²) < 4.78 is 40.6. The third-order valence-corrected chi connectivity index (χ3v) is 7.13. The number of ketones is 1. The van der Waals surface area contributed by atoms with Crippen LogP contribution >= 0.6 is 34.8 Å². The topological polar surface area (TPSA) is 79.3 Å². The minimum atomic E-state index is -4.56. The summed E-state index contributed by atoms with van der Waals surface area (Å²) in [4.78, 5) is 27.1. The van der Waals surface area contributed by atoms with E-state index in [4.69, 9.17) is 39.9 Å². The van der Waals surface area contributed by atoms with Gasteiger partial charge in [0.1, 0.15) is 5.69 Å². The van der Waals surface area contributed by atoms with Gasteiger partial charge in [-0.05, 0) is 60.0 Å². The zero-order valence-electron chi connectivity index (χ0n) is 21.2. The molecule has 0 aliphatic heterocycles. The number of benzene rings is 3. The molecule has 4 rings (SSSR count). The standard InChI is InChI=1S/C30H22Cl3F3N2O3/c31-20-7-9-22(25(32)13-20)23-10-8-21(14-26(23)33)37-15-17-4-6-19(30(34,35)36)12-24(17)18-5-11-27(38-16-18)28(39)2-1-3-29(40)41/h4-14,16,37H,1-3,15H2,(H,40,41). The van der Waals surface area contributed by atoms with E-state index in [1.54, 1.807) is 36.4 Å². The number of Topliss-reactive ketones (excluding diaryl/α,β-unsaturated/α-hetero) is 1. The fraction of sp³-hybridized carbons (Fsp3) is 0.167. The summed E-state index contributed by atoms with van der Waals surface area (Å²) in [5.41, 5.74) is 2.56. The Morgan fingerprint density at radius 1 is 0.829 bits per heavy atom. The number of aromatic nitrogens is 1. The first-order valence-corrected chi connectivity index (χ1v) is 13.5. The van der Waals surface area contributed by atoms with Crippen molar-refractivity contribution in [3.63, 3.8) is 0 Å². The number of pyridine rings is 1. The predicted octanol–water partition coefficient (Wildman–Crippen LogP) is 9.44. The average Bonchev–Trinajstić information content (AvgIpc) is 2.91. The van der Waals surface area contributed by atoms with Gasteiger partial charge in [0.25, 0.3) is 0 Å². The molecule has 4 aromatic rings. The number of carbonyl (C=O) groups excluding carboxylic acids is 1. The first-order valence-electron chi connectivity index (χ1n) is 12.3. The van der Waals surface area contributed by atoms with Crippen molar-refractivity contribution in [2.75, 3.05) is 5.32 Å². The van der Waals surface area contributed by atoms with Crippen molar-refractivity contribution in [3.05, 3.63) is 105 Å². The van der Waals surface area contributed by atoms with E-state index in [0.29, 0.717) is 48.6 Å². The number of rotatable bonds is 10. The maximum absolute atomic E-state index is 13.5. The molecule has 0 fully saturated rings. The second kappa shape index (κ2) is 12.9. The van der Waals surface area contributed by atoms with Crippen LogP contribution in [0.25, 0.3) is 22.3 Å². The van der Waals surface area contributed by atoms with Crippen LogP contribution in [0.4, 0.5) is 18.9 Å². The lowest BCUT2D eigenvalue weighted by molar-refractivity contribution is -0.138. The molecule has 0 bridgehead atoms. The Hall–Kier alpha value is -3.59. The van der Waals surface area contributed by atoms with Crippen LogP contribution in [-0.4, -0.2) is 21.8 Å². The number of carboxylic acid groups (broad SMARTS) is 1. The minimum Gasteiger partial charge on any atom is -0.481 e. The van der Waals surface area contributed by atoms with E-state index in [2.05, 4.69) is 10.3 Å². The summed E-state index contributed by atoms with van der Waals surface area (Å²) >= 11 is 18.8. The zero-order valence-corrected chi connectivity index (χ0v) is 23.5. The Bertz CT molecular complexity index is 1590. The number of carboxylic acids is 1. The summed E-state index contributed by atoms with van der Waals surface area (Å²) in [5.74, 6) is -1.35. The van der Waals surface area contributed by atoms with E-state index in [-0.39, 0.29) is 37.3 Å². The minimum absolute atomic E-state index is 0.00293. The molecule has 2 N–H and O–H groups in total. The zero-order chi connectivity index (χ0) is 29.7.